The summed E-state index contributed by atoms with van der Waals surface area (Å²) < 4.78 is 5.26. The molecule has 0 radical (unpaired) electrons. The van der Waals surface area contributed by atoms with Gasteiger partial charge in [0.05, 0.1) is 12.8 Å². The van der Waals surface area contributed by atoms with Gasteiger partial charge in [-0.3, -0.25) is 14.6 Å². The largest absolute Gasteiger partial charge is 0.467 e. The van der Waals surface area contributed by atoms with E-state index in [1.54, 1.807) is 6.26 Å². The van der Waals surface area contributed by atoms with Crippen LogP contribution in [0.1, 0.15) is 27.2 Å². The maximum Gasteiger partial charge on any atom is 0.251 e. The second-order valence-electron chi connectivity index (χ2n) is 7.50. The molecule has 150 valence electrons. The summed E-state index contributed by atoms with van der Waals surface area (Å²) in [5.41, 5.74) is 3.23. The van der Waals surface area contributed by atoms with Gasteiger partial charge in [-0.1, -0.05) is 42.5 Å². The highest BCUT2D eigenvalue weighted by Crippen LogP contribution is 2.13. The molecular formula is C24H27N3O2. The quantitative estimate of drug-likeness (QED) is 0.672. The minimum absolute atomic E-state index is 0.0732. The maximum atomic E-state index is 12.4. The van der Waals surface area contributed by atoms with Crippen LogP contribution in [0.15, 0.2) is 77.4 Å². The number of furan rings is 1. The van der Waals surface area contributed by atoms with Crippen molar-refractivity contribution in [2.24, 2.45) is 0 Å². The lowest BCUT2D eigenvalue weighted by Crippen LogP contribution is -2.45. The van der Waals surface area contributed by atoms with Crippen LogP contribution < -0.4 is 5.32 Å². The van der Waals surface area contributed by atoms with Crippen LogP contribution in [-0.4, -0.2) is 41.9 Å². The van der Waals surface area contributed by atoms with Gasteiger partial charge in [0, 0.05) is 44.8 Å². The number of carbonyl (C=O) groups is 1. The molecule has 3 aromatic rings. The molecule has 5 heteroatoms. The van der Waals surface area contributed by atoms with Crippen molar-refractivity contribution in [3.63, 3.8) is 0 Å². The van der Waals surface area contributed by atoms with Gasteiger partial charge < -0.3 is 9.73 Å². The van der Waals surface area contributed by atoms with Crippen molar-refractivity contribution < 1.29 is 9.21 Å². The molecule has 4 rings (SSSR count). The molecular weight excluding hydrogens is 362 g/mol. The van der Waals surface area contributed by atoms with Gasteiger partial charge in [-0.25, -0.2) is 0 Å². The SMILES string of the molecule is O=C(NCc1ccco1)c1cccc(CN2CCN(Cc3ccccc3)CC2)c1. The van der Waals surface area contributed by atoms with Crippen LogP contribution in [0, 0.1) is 0 Å². The molecule has 1 aliphatic heterocycles. The second-order valence-corrected chi connectivity index (χ2v) is 7.50. The predicted octanol–water partition coefficient (Wildman–Crippen LogP) is 3.53. The summed E-state index contributed by atoms with van der Waals surface area (Å²) in [5.74, 6) is 0.679. The van der Waals surface area contributed by atoms with Crippen LogP contribution in [0.4, 0.5) is 0 Å². The zero-order valence-electron chi connectivity index (χ0n) is 16.6. The van der Waals surface area contributed by atoms with Crippen molar-refractivity contribution in [3.8, 4) is 0 Å². The van der Waals surface area contributed by atoms with Gasteiger partial charge in [-0.15, -0.1) is 0 Å². The summed E-state index contributed by atoms with van der Waals surface area (Å²) in [5, 5.41) is 2.91. The first-order valence-electron chi connectivity index (χ1n) is 10.1. The number of amides is 1. The monoisotopic (exact) mass is 389 g/mol. The number of carbonyl (C=O) groups excluding carboxylic acids is 1. The molecule has 0 bridgehead atoms. The first kappa shape index (κ1) is 19.4. The van der Waals surface area contributed by atoms with E-state index in [0.717, 1.165) is 45.0 Å². The Labute approximate surface area is 171 Å². The van der Waals surface area contributed by atoms with Crippen LogP contribution in [0.25, 0.3) is 0 Å². The molecule has 0 spiro atoms. The van der Waals surface area contributed by atoms with Crippen molar-refractivity contribution in [1.29, 1.82) is 0 Å². The van der Waals surface area contributed by atoms with E-state index in [9.17, 15) is 4.79 Å². The molecule has 1 aromatic heterocycles. The summed E-state index contributed by atoms with van der Waals surface area (Å²) in [6.45, 7) is 6.51. The molecule has 29 heavy (non-hydrogen) atoms. The number of nitrogens with zero attached hydrogens (tertiary/aromatic N) is 2. The van der Waals surface area contributed by atoms with E-state index in [2.05, 4.69) is 51.5 Å². The second kappa shape index (κ2) is 9.54. The molecule has 2 aromatic carbocycles. The van der Waals surface area contributed by atoms with E-state index >= 15 is 0 Å². The summed E-state index contributed by atoms with van der Waals surface area (Å²) in [7, 11) is 0. The van der Waals surface area contributed by atoms with Crippen molar-refractivity contribution in [2.45, 2.75) is 19.6 Å². The number of piperazine rings is 1. The fourth-order valence-electron chi connectivity index (χ4n) is 3.70. The Hall–Kier alpha value is -2.89. The molecule has 2 heterocycles. The zero-order valence-corrected chi connectivity index (χ0v) is 16.6. The number of nitrogens with one attached hydrogen (secondary N) is 1. The molecule has 0 unspecified atom stereocenters. The highest BCUT2D eigenvalue weighted by Gasteiger charge is 2.17. The lowest BCUT2D eigenvalue weighted by molar-refractivity contribution is 0.0947. The van der Waals surface area contributed by atoms with Gasteiger partial charge in [-0.2, -0.15) is 0 Å². The fraction of sp³-hybridized carbons (Fsp3) is 0.292. The Morgan fingerprint density at radius 3 is 2.21 bits per heavy atom. The minimum atomic E-state index is -0.0732. The third kappa shape index (κ3) is 5.56. The average Bonchev–Trinajstić information content (AvgIpc) is 3.28. The van der Waals surface area contributed by atoms with Crippen molar-refractivity contribution in [3.05, 3.63) is 95.4 Å². The Kier molecular flexibility index (Phi) is 6.39. The van der Waals surface area contributed by atoms with E-state index in [1.165, 1.54) is 11.1 Å². The van der Waals surface area contributed by atoms with Gasteiger partial charge >= 0.3 is 0 Å². The third-order valence-electron chi connectivity index (χ3n) is 5.31. The van der Waals surface area contributed by atoms with Gasteiger partial charge in [0.15, 0.2) is 0 Å². The summed E-state index contributed by atoms with van der Waals surface area (Å²) in [6.07, 6.45) is 1.61. The van der Waals surface area contributed by atoms with E-state index in [0.29, 0.717) is 12.1 Å². The first-order valence-corrected chi connectivity index (χ1v) is 10.1. The van der Waals surface area contributed by atoms with E-state index in [4.69, 9.17) is 4.42 Å². The van der Waals surface area contributed by atoms with Gasteiger partial charge in [-0.05, 0) is 35.4 Å². The number of benzene rings is 2. The number of rotatable bonds is 7. The molecule has 1 aliphatic rings. The van der Waals surface area contributed by atoms with Crippen molar-refractivity contribution >= 4 is 5.91 Å². The average molecular weight is 389 g/mol. The van der Waals surface area contributed by atoms with E-state index < -0.39 is 0 Å². The van der Waals surface area contributed by atoms with Crippen LogP contribution in [0.2, 0.25) is 0 Å². The van der Waals surface area contributed by atoms with Crippen molar-refractivity contribution in [2.75, 3.05) is 26.2 Å². The molecule has 1 N–H and O–H groups in total. The standard InChI is InChI=1S/C24H27N3O2/c28-24(25-17-23-10-5-15-29-23)22-9-4-8-21(16-22)19-27-13-11-26(12-14-27)18-20-6-2-1-3-7-20/h1-10,15-16H,11-14,17-19H2,(H,25,28). The lowest BCUT2D eigenvalue weighted by Gasteiger charge is -2.34. The molecule has 0 atom stereocenters. The molecule has 5 nitrogen and oxygen atoms in total. The van der Waals surface area contributed by atoms with Crippen LogP contribution in [0.3, 0.4) is 0 Å². The van der Waals surface area contributed by atoms with Gasteiger partial charge in [0.1, 0.15) is 5.76 Å². The topological polar surface area (TPSA) is 48.7 Å². The molecule has 0 aliphatic carbocycles. The maximum absolute atomic E-state index is 12.4. The summed E-state index contributed by atoms with van der Waals surface area (Å²) in [4.78, 5) is 17.4. The van der Waals surface area contributed by atoms with Gasteiger partial charge in [0.25, 0.3) is 5.91 Å². The fourth-order valence-corrected chi connectivity index (χ4v) is 3.70. The Morgan fingerprint density at radius 1 is 0.828 bits per heavy atom. The Balaban J connectivity index is 1.26. The normalized spacial score (nSPS) is 15.3. The Morgan fingerprint density at radius 2 is 1.52 bits per heavy atom. The van der Waals surface area contributed by atoms with Gasteiger partial charge in [0.2, 0.25) is 0 Å². The van der Waals surface area contributed by atoms with Crippen LogP contribution in [0.5, 0.6) is 0 Å². The number of hydrogen-bond donors (Lipinski definition) is 1. The predicted molar refractivity (Wildman–Crippen MR) is 113 cm³/mol. The minimum Gasteiger partial charge on any atom is -0.467 e. The smallest absolute Gasteiger partial charge is 0.251 e. The van der Waals surface area contributed by atoms with Crippen LogP contribution in [-0.2, 0) is 19.6 Å². The highest BCUT2D eigenvalue weighted by atomic mass is 16.3. The van der Waals surface area contributed by atoms with Crippen LogP contribution >= 0.6 is 0 Å². The molecule has 1 amide bonds. The molecule has 1 fully saturated rings. The van der Waals surface area contributed by atoms with E-state index in [-0.39, 0.29) is 5.91 Å². The highest BCUT2D eigenvalue weighted by molar-refractivity contribution is 5.94. The molecule has 1 saturated heterocycles. The van der Waals surface area contributed by atoms with Crippen molar-refractivity contribution in [1.82, 2.24) is 15.1 Å². The summed E-state index contributed by atoms with van der Waals surface area (Å²) >= 11 is 0. The number of hydrogen-bond acceptors (Lipinski definition) is 4. The third-order valence-corrected chi connectivity index (χ3v) is 5.31. The zero-order chi connectivity index (χ0) is 19.9. The first-order chi connectivity index (χ1) is 14.3. The Bertz CT molecular complexity index is 901. The van der Waals surface area contributed by atoms with E-state index in [1.807, 2.05) is 30.3 Å². The molecule has 0 saturated carbocycles. The lowest BCUT2D eigenvalue weighted by atomic mass is 10.1. The summed E-state index contributed by atoms with van der Waals surface area (Å²) in [6, 6.07) is 22.2.